The highest BCUT2D eigenvalue weighted by atomic mass is 32.2. The molecule has 3 heterocycles. The molecule has 3 fully saturated rings. The standard InChI is InChI=1S/C16H28N2O2S/c1-17-6-7-18(2)14(12-17)15(19)13-3-8-20-16(11-13)4-9-21-10-5-16/h13-14H,3-12H2,1-2H3. The van der Waals surface area contributed by atoms with Crippen LogP contribution in [0.3, 0.4) is 0 Å². The zero-order valence-corrected chi connectivity index (χ0v) is 14.2. The molecule has 0 saturated carbocycles. The zero-order chi connectivity index (χ0) is 14.9. The minimum atomic E-state index is 0.0168. The van der Waals surface area contributed by atoms with E-state index in [9.17, 15) is 4.79 Å². The fraction of sp³-hybridized carbons (Fsp3) is 0.938. The van der Waals surface area contributed by atoms with Crippen LogP contribution in [0.2, 0.25) is 0 Å². The Morgan fingerprint density at radius 2 is 2.00 bits per heavy atom. The van der Waals surface area contributed by atoms with Gasteiger partial charge in [-0.3, -0.25) is 9.69 Å². The van der Waals surface area contributed by atoms with Gasteiger partial charge in [-0.25, -0.2) is 0 Å². The summed E-state index contributed by atoms with van der Waals surface area (Å²) in [6.07, 6.45) is 4.13. The molecule has 2 atom stereocenters. The average Bonchev–Trinajstić information content (AvgIpc) is 2.50. The predicted octanol–water partition coefficient (Wildman–Crippen LogP) is 1.49. The van der Waals surface area contributed by atoms with E-state index in [1.807, 2.05) is 11.8 Å². The summed E-state index contributed by atoms with van der Waals surface area (Å²) in [4.78, 5) is 17.5. The number of carbonyl (C=O) groups is 1. The second kappa shape index (κ2) is 6.57. The van der Waals surface area contributed by atoms with Crippen LogP contribution in [-0.4, -0.2) is 79.1 Å². The van der Waals surface area contributed by atoms with E-state index in [1.165, 1.54) is 11.5 Å². The molecule has 0 bridgehead atoms. The third-order valence-electron chi connectivity index (χ3n) is 5.48. The molecule has 2 unspecified atom stereocenters. The van der Waals surface area contributed by atoms with Crippen LogP contribution in [0.5, 0.6) is 0 Å². The van der Waals surface area contributed by atoms with Crippen molar-refractivity contribution >= 4 is 17.5 Å². The molecule has 3 aliphatic heterocycles. The molecule has 4 nitrogen and oxygen atoms in total. The molecule has 21 heavy (non-hydrogen) atoms. The number of rotatable bonds is 2. The Balaban J connectivity index is 1.66. The van der Waals surface area contributed by atoms with Gasteiger partial charge in [-0.05, 0) is 51.3 Å². The molecule has 3 rings (SSSR count). The van der Waals surface area contributed by atoms with Crippen molar-refractivity contribution in [1.29, 1.82) is 0 Å². The van der Waals surface area contributed by atoms with E-state index in [0.29, 0.717) is 5.78 Å². The average molecular weight is 312 g/mol. The van der Waals surface area contributed by atoms with E-state index in [1.54, 1.807) is 0 Å². The van der Waals surface area contributed by atoms with Crippen LogP contribution in [-0.2, 0) is 9.53 Å². The maximum absolute atomic E-state index is 13.0. The summed E-state index contributed by atoms with van der Waals surface area (Å²) < 4.78 is 6.13. The van der Waals surface area contributed by atoms with Gasteiger partial charge in [0.2, 0.25) is 0 Å². The highest BCUT2D eigenvalue weighted by molar-refractivity contribution is 7.99. The minimum Gasteiger partial charge on any atom is -0.375 e. The Morgan fingerprint density at radius 3 is 2.76 bits per heavy atom. The number of carbonyl (C=O) groups excluding carboxylic acids is 1. The normalized spacial score (nSPS) is 35.0. The van der Waals surface area contributed by atoms with E-state index in [4.69, 9.17) is 4.74 Å². The van der Waals surface area contributed by atoms with Gasteiger partial charge in [0.15, 0.2) is 5.78 Å². The van der Waals surface area contributed by atoms with Crippen molar-refractivity contribution in [3.8, 4) is 0 Å². The highest BCUT2D eigenvalue weighted by Gasteiger charge is 2.43. The van der Waals surface area contributed by atoms with Gasteiger partial charge in [0.25, 0.3) is 0 Å². The number of hydrogen-bond acceptors (Lipinski definition) is 5. The monoisotopic (exact) mass is 312 g/mol. The maximum Gasteiger partial charge on any atom is 0.154 e. The van der Waals surface area contributed by atoms with Gasteiger partial charge in [-0.2, -0.15) is 11.8 Å². The lowest BCUT2D eigenvalue weighted by molar-refractivity contribution is -0.144. The summed E-state index contributed by atoms with van der Waals surface area (Å²) in [7, 11) is 4.22. The molecule has 0 aromatic rings. The largest absolute Gasteiger partial charge is 0.375 e. The summed E-state index contributed by atoms with van der Waals surface area (Å²) in [6.45, 7) is 3.72. The first-order valence-electron chi connectivity index (χ1n) is 8.24. The Kier molecular flexibility index (Phi) is 4.94. The van der Waals surface area contributed by atoms with Gasteiger partial charge >= 0.3 is 0 Å². The number of ketones is 1. The van der Waals surface area contributed by atoms with Crippen LogP contribution in [0.4, 0.5) is 0 Å². The van der Waals surface area contributed by atoms with E-state index < -0.39 is 0 Å². The van der Waals surface area contributed by atoms with Gasteiger partial charge in [0.05, 0.1) is 11.6 Å². The molecule has 1 spiro atoms. The van der Waals surface area contributed by atoms with E-state index in [2.05, 4.69) is 23.9 Å². The molecule has 0 radical (unpaired) electrons. The van der Waals surface area contributed by atoms with Crippen molar-refractivity contribution in [2.75, 3.05) is 51.8 Å². The van der Waals surface area contributed by atoms with Crippen LogP contribution in [0.1, 0.15) is 25.7 Å². The number of nitrogens with zero attached hydrogens (tertiary/aromatic N) is 2. The van der Waals surface area contributed by atoms with Crippen molar-refractivity contribution in [2.24, 2.45) is 5.92 Å². The Morgan fingerprint density at radius 1 is 1.24 bits per heavy atom. The van der Waals surface area contributed by atoms with Crippen LogP contribution < -0.4 is 0 Å². The topological polar surface area (TPSA) is 32.8 Å². The summed E-state index contributed by atoms with van der Waals surface area (Å²) in [5, 5.41) is 0. The number of piperazine rings is 1. The highest BCUT2D eigenvalue weighted by Crippen LogP contribution is 2.40. The lowest BCUT2D eigenvalue weighted by atomic mass is 9.78. The quantitative estimate of drug-likeness (QED) is 0.771. The van der Waals surface area contributed by atoms with Gasteiger partial charge in [0, 0.05) is 32.2 Å². The van der Waals surface area contributed by atoms with Gasteiger partial charge in [0.1, 0.15) is 0 Å². The molecular weight excluding hydrogens is 284 g/mol. The SMILES string of the molecule is CN1CCN(C)C(C(=O)C2CCOC3(CCSCC3)C2)C1. The molecule has 3 aliphatic rings. The van der Waals surface area contributed by atoms with Gasteiger partial charge in [-0.1, -0.05) is 0 Å². The van der Waals surface area contributed by atoms with Crippen LogP contribution in [0.15, 0.2) is 0 Å². The predicted molar refractivity (Wildman–Crippen MR) is 86.9 cm³/mol. The first kappa shape index (κ1) is 15.8. The molecule has 0 aromatic heterocycles. The summed E-state index contributed by atoms with van der Waals surface area (Å²) >= 11 is 2.02. The van der Waals surface area contributed by atoms with Crippen LogP contribution in [0, 0.1) is 5.92 Å². The van der Waals surface area contributed by atoms with Gasteiger partial charge < -0.3 is 9.64 Å². The number of thioether (sulfide) groups is 1. The molecule has 0 aromatic carbocycles. The number of ether oxygens (including phenoxy) is 1. The fourth-order valence-electron chi connectivity index (χ4n) is 3.95. The molecular formula is C16H28N2O2S. The van der Waals surface area contributed by atoms with Crippen molar-refractivity contribution < 1.29 is 9.53 Å². The lowest BCUT2D eigenvalue weighted by Gasteiger charge is -2.45. The number of Topliss-reactive ketones (excluding diaryl/α,β-unsaturated/α-hetero) is 1. The second-order valence-electron chi connectivity index (χ2n) is 6.99. The first-order chi connectivity index (χ1) is 10.1. The van der Waals surface area contributed by atoms with E-state index in [0.717, 1.165) is 51.9 Å². The Hall–Kier alpha value is -0.100. The molecule has 0 amide bonds. The van der Waals surface area contributed by atoms with Crippen LogP contribution in [0.25, 0.3) is 0 Å². The Bertz CT molecular complexity index is 379. The molecule has 3 saturated heterocycles. The summed E-state index contributed by atoms with van der Waals surface area (Å²) in [5.41, 5.74) is 0.0168. The van der Waals surface area contributed by atoms with E-state index in [-0.39, 0.29) is 17.6 Å². The van der Waals surface area contributed by atoms with E-state index >= 15 is 0 Å². The minimum absolute atomic E-state index is 0.0168. The van der Waals surface area contributed by atoms with Crippen LogP contribution >= 0.6 is 11.8 Å². The van der Waals surface area contributed by atoms with Crippen molar-refractivity contribution in [3.63, 3.8) is 0 Å². The van der Waals surface area contributed by atoms with Crippen molar-refractivity contribution in [2.45, 2.75) is 37.3 Å². The molecule has 120 valence electrons. The van der Waals surface area contributed by atoms with Crippen molar-refractivity contribution in [1.82, 2.24) is 9.80 Å². The number of likely N-dealkylation sites (N-methyl/N-ethyl adjacent to an activating group) is 2. The molecule has 5 heteroatoms. The summed E-state index contributed by atoms with van der Waals surface area (Å²) in [5.74, 6) is 3.05. The smallest absolute Gasteiger partial charge is 0.154 e. The first-order valence-corrected chi connectivity index (χ1v) is 9.39. The molecule has 0 N–H and O–H groups in total. The Labute approximate surface area is 132 Å². The molecule has 0 aliphatic carbocycles. The van der Waals surface area contributed by atoms with Gasteiger partial charge in [-0.15, -0.1) is 0 Å². The zero-order valence-electron chi connectivity index (χ0n) is 13.3. The third kappa shape index (κ3) is 3.46. The summed E-state index contributed by atoms with van der Waals surface area (Å²) in [6, 6.07) is 0.0851. The van der Waals surface area contributed by atoms with Crippen molar-refractivity contribution in [3.05, 3.63) is 0 Å². The number of hydrogen-bond donors (Lipinski definition) is 0. The maximum atomic E-state index is 13.0. The second-order valence-corrected chi connectivity index (χ2v) is 8.22. The fourth-order valence-corrected chi connectivity index (χ4v) is 5.19. The lowest BCUT2D eigenvalue weighted by Crippen LogP contribution is -2.56. The third-order valence-corrected chi connectivity index (χ3v) is 6.46.